The van der Waals surface area contributed by atoms with Gasteiger partial charge in [-0.1, -0.05) is 24.3 Å². The molecule has 3 heterocycles. The number of amides is 1. The van der Waals surface area contributed by atoms with E-state index >= 15 is 0 Å². The molecular weight excluding hydrogens is 326 g/mol. The van der Waals surface area contributed by atoms with Crippen LogP contribution < -0.4 is 0 Å². The predicted molar refractivity (Wildman–Crippen MR) is 95.1 cm³/mol. The van der Waals surface area contributed by atoms with Crippen molar-refractivity contribution in [2.45, 2.75) is 23.1 Å². The van der Waals surface area contributed by atoms with Crippen molar-refractivity contribution in [1.82, 2.24) is 15.1 Å². The molecule has 2 aromatic rings. The Balaban J connectivity index is 1.75. The van der Waals surface area contributed by atoms with E-state index in [9.17, 15) is 4.79 Å². The normalized spacial score (nSPS) is 20.1. The Morgan fingerprint density at radius 1 is 1.43 bits per heavy atom. The number of hydrogen-bond acceptors (Lipinski definition) is 4. The van der Waals surface area contributed by atoms with E-state index in [1.807, 2.05) is 29.4 Å². The third-order valence-corrected chi connectivity index (χ3v) is 6.73. The fourth-order valence-corrected chi connectivity index (χ4v) is 5.28. The van der Waals surface area contributed by atoms with Crippen molar-refractivity contribution in [1.29, 1.82) is 0 Å². The lowest BCUT2D eigenvalue weighted by Gasteiger charge is -2.34. The monoisotopic (exact) mass is 343 g/mol. The molecule has 0 fully saturated rings. The molecule has 1 unspecified atom stereocenters. The van der Waals surface area contributed by atoms with Crippen LogP contribution in [0.2, 0.25) is 0 Å². The molecular formula is C17H17N3OS2. The van der Waals surface area contributed by atoms with E-state index in [4.69, 9.17) is 0 Å². The Bertz CT molecular complexity index is 789. The van der Waals surface area contributed by atoms with E-state index in [1.54, 1.807) is 29.3 Å². The van der Waals surface area contributed by atoms with Gasteiger partial charge in [-0.15, -0.1) is 23.1 Å². The molecule has 2 aromatic heterocycles. The van der Waals surface area contributed by atoms with Crippen LogP contribution in [0.5, 0.6) is 0 Å². The van der Waals surface area contributed by atoms with E-state index in [1.165, 1.54) is 5.56 Å². The summed E-state index contributed by atoms with van der Waals surface area (Å²) < 4.78 is 1.11. The highest BCUT2D eigenvalue weighted by Crippen LogP contribution is 2.43. The Kier molecular flexibility index (Phi) is 3.87. The smallest absolute Gasteiger partial charge is 0.256 e. The fraction of sp³-hybridized carbons (Fsp3) is 0.294. The van der Waals surface area contributed by atoms with E-state index < -0.39 is 0 Å². The van der Waals surface area contributed by atoms with Gasteiger partial charge in [0.1, 0.15) is 0 Å². The van der Waals surface area contributed by atoms with Crippen molar-refractivity contribution in [2.75, 3.05) is 12.8 Å². The largest absolute Gasteiger partial charge is 0.331 e. The lowest BCUT2D eigenvalue weighted by Crippen LogP contribution is -2.44. The zero-order chi connectivity index (χ0) is 15.8. The number of fused-ring (bicyclic) bond motifs is 1. The molecule has 6 heteroatoms. The van der Waals surface area contributed by atoms with Crippen LogP contribution in [0.25, 0.3) is 10.6 Å². The number of hydrogen-bond donors (Lipinski definition) is 1. The molecule has 0 spiro atoms. The van der Waals surface area contributed by atoms with Gasteiger partial charge in [0.15, 0.2) is 0 Å². The van der Waals surface area contributed by atoms with Gasteiger partial charge in [0, 0.05) is 12.7 Å². The number of carbonyl (C=O) groups excluding carboxylic acids is 1. The summed E-state index contributed by atoms with van der Waals surface area (Å²) in [5.74, 6) is 0.169. The molecule has 4 rings (SSSR count). The second-order valence-electron chi connectivity index (χ2n) is 5.61. The van der Waals surface area contributed by atoms with Crippen LogP contribution in [-0.4, -0.2) is 39.8 Å². The molecule has 4 nitrogen and oxygen atoms in total. The summed E-state index contributed by atoms with van der Waals surface area (Å²) in [5.41, 5.74) is 3.09. The highest BCUT2D eigenvalue weighted by atomic mass is 32.2. The highest BCUT2D eigenvalue weighted by Gasteiger charge is 2.34. The van der Waals surface area contributed by atoms with Crippen LogP contribution >= 0.6 is 23.1 Å². The SMILES string of the molecule is CSc1sc(-c2ccn[nH]2)c2c1C(=O)N(C1C=CC=CC1)CC2. The molecule has 1 atom stereocenters. The maximum Gasteiger partial charge on any atom is 0.256 e. The Hall–Kier alpha value is -1.79. The third-order valence-electron chi connectivity index (χ3n) is 4.34. The van der Waals surface area contributed by atoms with Crippen LogP contribution in [0.15, 0.2) is 40.8 Å². The zero-order valence-corrected chi connectivity index (χ0v) is 14.4. The summed E-state index contributed by atoms with van der Waals surface area (Å²) in [6, 6.07) is 2.16. The van der Waals surface area contributed by atoms with Gasteiger partial charge >= 0.3 is 0 Å². The van der Waals surface area contributed by atoms with Gasteiger partial charge in [-0.25, -0.2) is 0 Å². The van der Waals surface area contributed by atoms with Gasteiger partial charge in [-0.05, 0) is 30.7 Å². The predicted octanol–water partition coefficient (Wildman–Crippen LogP) is 3.74. The first-order valence-corrected chi connectivity index (χ1v) is 9.67. The van der Waals surface area contributed by atoms with Gasteiger partial charge in [0.2, 0.25) is 0 Å². The van der Waals surface area contributed by atoms with Gasteiger partial charge in [0.25, 0.3) is 5.91 Å². The molecule has 1 aliphatic carbocycles. The Labute approximate surface area is 143 Å². The van der Waals surface area contributed by atoms with Crippen LogP contribution in [0.3, 0.4) is 0 Å². The molecule has 1 aliphatic heterocycles. The first-order valence-electron chi connectivity index (χ1n) is 7.63. The number of aromatic nitrogens is 2. The topological polar surface area (TPSA) is 49.0 Å². The van der Waals surface area contributed by atoms with E-state index in [2.05, 4.69) is 22.3 Å². The number of carbonyl (C=O) groups is 1. The minimum absolute atomic E-state index is 0.169. The molecule has 1 amide bonds. The standard InChI is InChI=1S/C17H17N3OS2/c1-22-17-14-12(15(23-17)13-7-9-18-19-13)8-10-20(16(14)21)11-5-3-2-4-6-11/h2-5,7,9,11H,6,8,10H2,1H3,(H,18,19). The lowest BCUT2D eigenvalue weighted by atomic mass is 9.97. The summed E-state index contributed by atoms with van der Waals surface area (Å²) in [6.45, 7) is 0.778. The van der Waals surface area contributed by atoms with Crippen molar-refractivity contribution in [2.24, 2.45) is 0 Å². The average Bonchev–Trinajstić information content (AvgIpc) is 3.23. The van der Waals surface area contributed by atoms with E-state index in [-0.39, 0.29) is 11.9 Å². The van der Waals surface area contributed by atoms with Crippen molar-refractivity contribution in [3.8, 4) is 10.6 Å². The molecule has 0 radical (unpaired) electrons. The van der Waals surface area contributed by atoms with Crippen LogP contribution in [0.4, 0.5) is 0 Å². The average molecular weight is 343 g/mol. The molecule has 23 heavy (non-hydrogen) atoms. The van der Waals surface area contributed by atoms with Crippen LogP contribution in [-0.2, 0) is 6.42 Å². The summed E-state index contributed by atoms with van der Waals surface area (Å²) in [4.78, 5) is 16.3. The minimum Gasteiger partial charge on any atom is -0.331 e. The molecule has 0 saturated heterocycles. The maximum absolute atomic E-state index is 13.1. The number of rotatable bonds is 3. The summed E-state index contributed by atoms with van der Waals surface area (Å²) >= 11 is 3.36. The molecule has 0 aromatic carbocycles. The quantitative estimate of drug-likeness (QED) is 0.864. The van der Waals surface area contributed by atoms with Gasteiger partial charge < -0.3 is 4.90 Å². The van der Waals surface area contributed by atoms with E-state index in [0.29, 0.717) is 0 Å². The van der Waals surface area contributed by atoms with Gasteiger partial charge in [-0.3, -0.25) is 9.89 Å². The number of thioether (sulfide) groups is 1. The van der Waals surface area contributed by atoms with Crippen molar-refractivity contribution in [3.05, 3.63) is 47.7 Å². The van der Waals surface area contributed by atoms with Crippen LogP contribution in [0, 0.1) is 0 Å². The number of nitrogens with one attached hydrogen (secondary N) is 1. The maximum atomic E-state index is 13.1. The molecule has 2 aliphatic rings. The number of allylic oxidation sites excluding steroid dienone is 2. The first-order chi connectivity index (χ1) is 11.3. The molecule has 118 valence electrons. The molecule has 0 saturated carbocycles. The Morgan fingerprint density at radius 2 is 2.35 bits per heavy atom. The first kappa shape index (κ1) is 14.8. The second-order valence-corrected chi connectivity index (χ2v) is 7.71. The minimum atomic E-state index is 0.169. The van der Waals surface area contributed by atoms with Crippen molar-refractivity contribution < 1.29 is 4.79 Å². The number of nitrogens with zero attached hydrogens (tertiary/aromatic N) is 2. The summed E-state index contributed by atoms with van der Waals surface area (Å²) in [7, 11) is 0. The number of aromatic amines is 1. The summed E-state index contributed by atoms with van der Waals surface area (Å²) in [6.07, 6.45) is 14.0. The number of H-pyrrole nitrogens is 1. The van der Waals surface area contributed by atoms with E-state index in [0.717, 1.165) is 39.7 Å². The van der Waals surface area contributed by atoms with Crippen molar-refractivity contribution in [3.63, 3.8) is 0 Å². The molecule has 0 bridgehead atoms. The third kappa shape index (κ3) is 2.46. The number of thiophene rings is 1. The van der Waals surface area contributed by atoms with Gasteiger partial charge in [0.05, 0.1) is 26.4 Å². The zero-order valence-electron chi connectivity index (χ0n) is 12.8. The van der Waals surface area contributed by atoms with Crippen LogP contribution in [0.1, 0.15) is 22.3 Å². The fourth-order valence-electron chi connectivity index (χ4n) is 3.23. The Morgan fingerprint density at radius 3 is 3.04 bits per heavy atom. The summed E-state index contributed by atoms with van der Waals surface area (Å²) in [5, 5.41) is 7.09. The lowest BCUT2D eigenvalue weighted by molar-refractivity contribution is 0.0694. The van der Waals surface area contributed by atoms with Gasteiger partial charge in [-0.2, -0.15) is 5.10 Å². The second kappa shape index (κ2) is 6.02. The van der Waals surface area contributed by atoms with Crippen molar-refractivity contribution >= 4 is 29.0 Å². The highest BCUT2D eigenvalue weighted by molar-refractivity contribution is 8.00. The molecule has 1 N–H and O–H groups in total.